The van der Waals surface area contributed by atoms with Gasteiger partial charge in [0.15, 0.2) is 5.13 Å². The molecule has 1 saturated heterocycles. The van der Waals surface area contributed by atoms with Crippen molar-refractivity contribution in [2.24, 2.45) is 5.73 Å². The van der Waals surface area contributed by atoms with Crippen LogP contribution < -0.4 is 10.6 Å². The lowest BCUT2D eigenvalue weighted by Crippen LogP contribution is -2.27. The second-order valence-corrected chi connectivity index (χ2v) is 5.43. The van der Waals surface area contributed by atoms with Crippen LogP contribution in [0.25, 0.3) is 0 Å². The molecule has 1 aliphatic rings. The van der Waals surface area contributed by atoms with E-state index in [9.17, 15) is 0 Å². The Bertz CT molecular complexity index is 307. The van der Waals surface area contributed by atoms with E-state index in [4.69, 9.17) is 5.73 Å². The number of hydrogen-bond acceptors (Lipinski definition) is 4. The molecule has 0 atom stereocenters. The molecule has 2 N–H and O–H groups in total. The third kappa shape index (κ3) is 1.91. The Balaban J connectivity index is 2.17. The summed E-state index contributed by atoms with van der Waals surface area (Å²) in [5.74, 6) is 0. The van der Waals surface area contributed by atoms with Crippen molar-refractivity contribution < 1.29 is 0 Å². The highest BCUT2D eigenvalue weighted by Gasteiger charge is 2.21. The van der Waals surface area contributed by atoms with Crippen LogP contribution in [0.3, 0.4) is 0 Å². The highest BCUT2D eigenvalue weighted by Crippen LogP contribution is 2.30. The Morgan fingerprint density at radius 2 is 2.07 bits per heavy atom. The molecule has 14 heavy (non-hydrogen) atoms. The number of nitrogens with zero attached hydrogens (tertiary/aromatic N) is 2. The normalized spacial score (nSPS) is 17.8. The number of hydrogen-bond donors (Lipinski definition) is 1. The molecular formula is C10H17N3S. The van der Waals surface area contributed by atoms with Gasteiger partial charge in [0.1, 0.15) is 0 Å². The minimum atomic E-state index is -0.254. The molecule has 0 unspecified atom stereocenters. The summed E-state index contributed by atoms with van der Waals surface area (Å²) in [7, 11) is 0. The van der Waals surface area contributed by atoms with Crippen molar-refractivity contribution in [3.63, 3.8) is 0 Å². The average molecular weight is 211 g/mol. The molecule has 0 aliphatic carbocycles. The minimum Gasteiger partial charge on any atom is -0.348 e. The third-order valence-corrected chi connectivity index (χ3v) is 3.90. The van der Waals surface area contributed by atoms with Gasteiger partial charge in [-0.25, -0.2) is 4.98 Å². The monoisotopic (exact) mass is 211 g/mol. The molecule has 0 aromatic carbocycles. The van der Waals surface area contributed by atoms with Gasteiger partial charge in [0.05, 0.1) is 0 Å². The van der Waals surface area contributed by atoms with Crippen LogP contribution in [-0.4, -0.2) is 18.1 Å². The maximum Gasteiger partial charge on any atom is 0.185 e. The van der Waals surface area contributed by atoms with Crippen molar-refractivity contribution in [2.75, 3.05) is 18.0 Å². The van der Waals surface area contributed by atoms with Crippen molar-refractivity contribution in [1.82, 2.24) is 4.98 Å². The van der Waals surface area contributed by atoms with Gasteiger partial charge in [-0.3, -0.25) is 0 Å². The first-order valence-corrected chi connectivity index (χ1v) is 5.89. The van der Waals surface area contributed by atoms with Gasteiger partial charge in [-0.1, -0.05) is 0 Å². The third-order valence-electron chi connectivity index (χ3n) is 2.51. The van der Waals surface area contributed by atoms with Crippen LogP contribution in [0, 0.1) is 0 Å². The van der Waals surface area contributed by atoms with Gasteiger partial charge in [-0.15, -0.1) is 11.3 Å². The molecule has 0 radical (unpaired) electrons. The van der Waals surface area contributed by atoms with E-state index < -0.39 is 0 Å². The van der Waals surface area contributed by atoms with Crippen LogP contribution in [0.5, 0.6) is 0 Å². The molecule has 0 amide bonds. The quantitative estimate of drug-likeness (QED) is 0.813. The van der Waals surface area contributed by atoms with Gasteiger partial charge >= 0.3 is 0 Å². The number of rotatable bonds is 2. The molecule has 1 fully saturated rings. The van der Waals surface area contributed by atoms with Crippen LogP contribution in [-0.2, 0) is 5.54 Å². The Kier molecular flexibility index (Phi) is 2.49. The first kappa shape index (κ1) is 9.93. The Morgan fingerprint density at radius 1 is 1.43 bits per heavy atom. The lowest BCUT2D eigenvalue weighted by molar-refractivity contribution is 0.566. The van der Waals surface area contributed by atoms with E-state index >= 15 is 0 Å². The van der Waals surface area contributed by atoms with Crippen LogP contribution in [0.1, 0.15) is 31.6 Å². The lowest BCUT2D eigenvalue weighted by Gasteiger charge is -2.16. The molecule has 78 valence electrons. The predicted molar refractivity (Wildman–Crippen MR) is 60.8 cm³/mol. The van der Waals surface area contributed by atoms with Gasteiger partial charge in [0, 0.05) is 29.7 Å². The minimum absolute atomic E-state index is 0.254. The van der Waals surface area contributed by atoms with E-state index in [1.54, 1.807) is 11.3 Å². The lowest BCUT2D eigenvalue weighted by atomic mass is 10.1. The predicted octanol–water partition coefficient (Wildman–Crippen LogP) is 1.94. The average Bonchev–Trinajstić information content (AvgIpc) is 2.73. The fraction of sp³-hybridized carbons (Fsp3) is 0.700. The molecule has 1 aromatic heterocycles. The number of aromatic nitrogens is 1. The Hall–Kier alpha value is -0.610. The Morgan fingerprint density at radius 3 is 2.57 bits per heavy atom. The summed E-state index contributed by atoms with van der Waals surface area (Å²) in [5.41, 5.74) is 5.77. The first-order chi connectivity index (χ1) is 6.57. The smallest absolute Gasteiger partial charge is 0.185 e. The topological polar surface area (TPSA) is 42.1 Å². The second kappa shape index (κ2) is 3.51. The summed E-state index contributed by atoms with van der Waals surface area (Å²) in [6.07, 6.45) is 4.50. The van der Waals surface area contributed by atoms with E-state index in [1.165, 1.54) is 17.7 Å². The maximum absolute atomic E-state index is 6.02. The fourth-order valence-corrected chi connectivity index (χ4v) is 2.60. The standard InChI is InChI=1S/C10H17N3S/c1-10(2,11)8-7-12-9(14-8)13-5-3-4-6-13/h7H,3-6,11H2,1-2H3. The van der Waals surface area contributed by atoms with Crippen molar-refractivity contribution in [3.05, 3.63) is 11.1 Å². The van der Waals surface area contributed by atoms with E-state index in [0.29, 0.717) is 0 Å². The van der Waals surface area contributed by atoms with Gasteiger partial charge in [0.2, 0.25) is 0 Å². The summed E-state index contributed by atoms with van der Waals surface area (Å²) >= 11 is 1.73. The molecule has 0 spiro atoms. The van der Waals surface area contributed by atoms with Crippen LogP contribution >= 0.6 is 11.3 Å². The molecular weight excluding hydrogens is 194 g/mol. The SMILES string of the molecule is CC(C)(N)c1cnc(N2CCCC2)s1. The van der Waals surface area contributed by atoms with Crippen LogP contribution in [0.2, 0.25) is 0 Å². The largest absolute Gasteiger partial charge is 0.348 e. The van der Waals surface area contributed by atoms with Crippen molar-refractivity contribution in [3.8, 4) is 0 Å². The molecule has 2 heterocycles. The molecule has 1 aliphatic heterocycles. The first-order valence-electron chi connectivity index (χ1n) is 5.07. The maximum atomic E-state index is 6.02. The summed E-state index contributed by atoms with van der Waals surface area (Å²) in [6, 6.07) is 0. The zero-order valence-corrected chi connectivity index (χ0v) is 9.60. The van der Waals surface area contributed by atoms with Gasteiger partial charge in [-0.2, -0.15) is 0 Å². The number of anilines is 1. The van der Waals surface area contributed by atoms with E-state index in [-0.39, 0.29) is 5.54 Å². The second-order valence-electron chi connectivity index (χ2n) is 4.42. The molecule has 0 bridgehead atoms. The van der Waals surface area contributed by atoms with Crippen molar-refractivity contribution in [2.45, 2.75) is 32.2 Å². The Labute approximate surface area is 88.9 Å². The van der Waals surface area contributed by atoms with Crippen molar-refractivity contribution in [1.29, 1.82) is 0 Å². The molecule has 0 saturated carbocycles. The van der Waals surface area contributed by atoms with Crippen molar-refractivity contribution >= 4 is 16.5 Å². The van der Waals surface area contributed by atoms with E-state index in [1.807, 2.05) is 20.0 Å². The van der Waals surface area contributed by atoms with E-state index in [0.717, 1.165) is 18.2 Å². The van der Waals surface area contributed by atoms with Gasteiger partial charge in [0.25, 0.3) is 0 Å². The summed E-state index contributed by atoms with van der Waals surface area (Å²) in [4.78, 5) is 7.94. The summed E-state index contributed by atoms with van der Waals surface area (Å²) < 4.78 is 0. The zero-order chi connectivity index (χ0) is 10.2. The van der Waals surface area contributed by atoms with Crippen LogP contribution in [0.15, 0.2) is 6.20 Å². The highest BCUT2D eigenvalue weighted by atomic mass is 32.1. The molecule has 3 nitrogen and oxygen atoms in total. The van der Waals surface area contributed by atoms with Crippen LogP contribution in [0.4, 0.5) is 5.13 Å². The number of nitrogens with two attached hydrogens (primary N) is 1. The molecule has 2 rings (SSSR count). The molecule has 1 aromatic rings. The molecule has 4 heteroatoms. The van der Waals surface area contributed by atoms with Gasteiger partial charge in [-0.05, 0) is 26.7 Å². The zero-order valence-electron chi connectivity index (χ0n) is 8.79. The van der Waals surface area contributed by atoms with Gasteiger partial charge < -0.3 is 10.6 Å². The highest BCUT2D eigenvalue weighted by molar-refractivity contribution is 7.15. The summed E-state index contributed by atoms with van der Waals surface area (Å²) in [6.45, 7) is 6.35. The number of thiazole rings is 1. The summed E-state index contributed by atoms with van der Waals surface area (Å²) in [5, 5.41) is 1.14. The fourth-order valence-electron chi connectivity index (χ4n) is 1.62. The van der Waals surface area contributed by atoms with E-state index in [2.05, 4.69) is 9.88 Å².